The number of nitrogens with zero attached hydrogens (tertiary/aromatic N) is 2. The summed E-state index contributed by atoms with van der Waals surface area (Å²) in [5.74, 6) is 0.0161. The minimum Gasteiger partial charge on any atom is -0.378 e. The normalized spacial score (nSPS) is 23.2. The van der Waals surface area contributed by atoms with Gasteiger partial charge in [0.15, 0.2) is 0 Å². The zero-order chi connectivity index (χ0) is 13.7. The molecule has 114 valence electrons. The largest absolute Gasteiger partial charge is 0.378 e. The second kappa shape index (κ2) is 8.24. The molecule has 0 radical (unpaired) electrons. The predicted octanol–water partition coefficient (Wildman–Crippen LogP) is -0.356. The molecular weight excluding hydrogens is 282 g/mol. The van der Waals surface area contributed by atoms with Gasteiger partial charge in [-0.05, 0) is 0 Å². The summed E-state index contributed by atoms with van der Waals surface area (Å²) in [6, 6.07) is -0.399. The van der Waals surface area contributed by atoms with Crippen LogP contribution in [0.2, 0.25) is 0 Å². The summed E-state index contributed by atoms with van der Waals surface area (Å²) in [5.41, 5.74) is 0. The first-order valence-electron chi connectivity index (χ1n) is 6.71. The van der Waals surface area contributed by atoms with Gasteiger partial charge in [-0.2, -0.15) is 0 Å². The van der Waals surface area contributed by atoms with Crippen molar-refractivity contribution in [1.82, 2.24) is 15.1 Å². The van der Waals surface area contributed by atoms with Crippen LogP contribution in [0.25, 0.3) is 0 Å². The summed E-state index contributed by atoms with van der Waals surface area (Å²) in [4.78, 5) is 27.8. The van der Waals surface area contributed by atoms with Crippen molar-refractivity contribution in [1.29, 1.82) is 0 Å². The van der Waals surface area contributed by atoms with Gasteiger partial charge in [-0.3, -0.25) is 9.59 Å². The molecule has 0 saturated carbocycles. The molecule has 0 aliphatic carbocycles. The molecule has 2 aliphatic rings. The van der Waals surface area contributed by atoms with Crippen molar-refractivity contribution in [3.05, 3.63) is 12.7 Å². The number of amides is 2. The highest BCUT2D eigenvalue weighted by atomic mass is 35.5. The lowest BCUT2D eigenvalue weighted by molar-refractivity contribution is -0.142. The van der Waals surface area contributed by atoms with Gasteiger partial charge in [-0.15, -0.1) is 19.0 Å². The van der Waals surface area contributed by atoms with Crippen LogP contribution in [0.1, 0.15) is 6.42 Å². The number of ether oxygens (including phenoxy) is 1. The number of piperazine rings is 1. The Hall–Kier alpha value is -1.11. The first-order valence-corrected chi connectivity index (χ1v) is 6.71. The summed E-state index contributed by atoms with van der Waals surface area (Å²) in [7, 11) is 0. The molecule has 1 N–H and O–H groups in total. The lowest BCUT2D eigenvalue weighted by Crippen LogP contribution is -2.56. The molecule has 1 unspecified atom stereocenters. The molecule has 6 nitrogen and oxygen atoms in total. The third-order valence-corrected chi connectivity index (χ3v) is 3.47. The van der Waals surface area contributed by atoms with Crippen LogP contribution in [0.4, 0.5) is 0 Å². The van der Waals surface area contributed by atoms with E-state index in [0.717, 1.165) is 6.54 Å². The monoisotopic (exact) mass is 303 g/mol. The average molecular weight is 304 g/mol. The van der Waals surface area contributed by atoms with E-state index in [1.54, 1.807) is 15.9 Å². The highest BCUT2D eigenvalue weighted by Crippen LogP contribution is 2.08. The predicted molar refractivity (Wildman–Crippen MR) is 77.8 cm³/mol. The summed E-state index contributed by atoms with van der Waals surface area (Å²) >= 11 is 0. The van der Waals surface area contributed by atoms with Crippen LogP contribution in [-0.2, 0) is 14.3 Å². The van der Waals surface area contributed by atoms with Crippen molar-refractivity contribution >= 4 is 24.2 Å². The molecule has 0 bridgehead atoms. The van der Waals surface area contributed by atoms with Crippen LogP contribution in [0.15, 0.2) is 12.7 Å². The van der Waals surface area contributed by atoms with E-state index in [-0.39, 0.29) is 30.6 Å². The first-order chi connectivity index (χ1) is 9.22. The number of morpholine rings is 1. The number of hydrogen-bond acceptors (Lipinski definition) is 4. The van der Waals surface area contributed by atoms with Gasteiger partial charge in [-0.25, -0.2) is 0 Å². The third-order valence-electron chi connectivity index (χ3n) is 3.47. The van der Waals surface area contributed by atoms with Crippen LogP contribution >= 0.6 is 12.4 Å². The Morgan fingerprint density at radius 2 is 2.10 bits per heavy atom. The van der Waals surface area contributed by atoms with Crippen LogP contribution in [0.3, 0.4) is 0 Å². The molecule has 0 aromatic carbocycles. The van der Waals surface area contributed by atoms with Gasteiger partial charge < -0.3 is 19.9 Å². The molecule has 2 aliphatic heterocycles. The van der Waals surface area contributed by atoms with Gasteiger partial charge in [0, 0.05) is 32.7 Å². The summed E-state index contributed by atoms with van der Waals surface area (Å²) in [6.45, 7) is 8.00. The highest BCUT2D eigenvalue weighted by Gasteiger charge is 2.31. The highest BCUT2D eigenvalue weighted by molar-refractivity contribution is 5.89. The maximum atomic E-state index is 12.2. The van der Waals surface area contributed by atoms with Gasteiger partial charge >= 0.3 is 0 Å². The Morgan fingerprint density at radius 1 is 1.40 bits per heavy atom. The summed E-state index contributed by atoms with van der Waals surface area (Å²) in [5, 5.41) is 3.12. The Bertz CT molecular complexity index is 359. The Balaban J connectivity index is 0.00000200. The molecular formula is C13H22ClN3O3. The van der Waals surface area contributed by atoms with E-state index in [9.17, 15) is 9.59 Å². The number of halogens is 1. The molecule has 2 saturated heterocycles. The van der Waals surface area contributed by atoms with E-state index in [0.29, 0.717) is 39.4 Å². The Morgan fingerprint density at radius 3 is 2.75 bits per heavy atom. The fourth-order valence-electron chi connectivity index (χ4n) is 2.40. The molecule has 1 atom stereocenters. The van der Waals surface area contributed by atoms with E-state index in [1.165, 1.54) is 0 Å². The molecule has 2 fully saturated rings. The summed E-state index contributed by atoms with van der Waals surface area (Å²) in [6.07, 6.45) is 1.94. The minimum atomic E-state index is -0.399. The fraction of sp³-hybridized carbons (Fsp3) is 0.692. The molecule has 20 heavy (non-hydrogen) atoms. The smallest absolute Gasteiger partial charge is 0.240 e. The van der Waals surface area contributed by atoms with Gasteiger partial charge in [0.2, 0.25) is 11.8 Å². The van der Waals surface area contributed by atoms with Gasteiger partial charge in [0.1, 0.15) is 0 Å². The van der Waals surface area contributed by atoms with E-state index in [1.807, 2.05) is 0 Å². The number of rotatable bonds is 4. The molecule has 0 spiro atoms. The third kappa shape index (κ3) is 4.19. The molecule has 7 heteroatoms. The zero-order valence-electron chi connectivity index (χ0n) is 11.5. The van der Waals surface area contributed by atoms with Gasteiger partial charge in [0.05, 0.1) is 25.7 Å². The van der Waals surface area contributed by atoms with E-state index >= 15 is 0 Å². The molecule has 2 rings (SSSR count). The molecule has 2 amide bonds. The second-order valence-electron chi connectivity index (χ2n) is 4.78. The summed E-state index contributed by atoms with van der Waals surface area (Å²) < 4.78 is 5.21. The number of nitrogens with one attached hydrogen (secondary N) is 1. The molecule has 0 aromatic heterocycles. The standard InChI is InChI=1S/C13H21N3O3.ClH/c1-2-4-16-5-3-14-11(13(16)18)10-12(17)15-6-8-19-9-7-15;/h2,11,14H,1,3-10H2;1H. The maximum Gasteiger partial charge on any atom is 0.240 e. The quantitative estimate of drug-likeness (QED) is 0.721. The number of hydrogen-bond donors (Lipinski definition) is 1. The van der Waals surface area contributed by atoms with Gasteiger partial charge in [0.25, 0.3) is 0 Å². The fourth-order valence-corrected chi connectivity index (χ4v) is 2.40. The number of carbonyl (C=O) groups excluding carboxylic acids is 2. The van der Waals surface area contributed by atoms with Crippen molar-refractivity contribution in [3.8, 4) is 0 Å². The minimum absolute atomic E-state index is 0. The Kier molecular flexibility index (Phi) is 6.98. The van der Waals surface area contributed by atoms with Crippen molar-refractivity contribution in [2.75, 3.05) is 45.9 Å². The van der Waals surface area contributed by atoms with E-state index in [4.69, 9.17) is 4.74 Å². The van der Waals surface area contributed by atoms with Crippen LogP contribution in [0.5, 0.6) is 0 Å². The molecule has 0 aromatic rings. The second-order valence-corrected chi connectivity index (χ2v) is 4.78. The SMILES string of the molecule is C=CCN1CCNC(CC(=O)N2CCOCC2)C1=O.Cl. The van der Waals surface area contributed by atoms with Crippen molar-refractivity contribution in [3.63, 3.8) is 0 Å². The maximum absolute atomic E-state index is 12.2. The lowest BCUT2D eigenvalue weighted by atomic mass is 10.1. The Labute approximate surface area is 125 Å². The zero-order valence-corrected chi connectivity index (χ0v) is 12.4. The molecule has 2 heterocycles. The lowest BCUT2D eigenvalue weighted by Gasteiger charge is -2.34. The average Bonchev–Trinajstić information content (AvgIpc) is 2.44. The van der Waals surface area contributed by atoms with Gasteiger partial charge in [-0.1, -0.05) is 6.08 Å². The van der Waals surface area contributed by atoms with Crippen LogP contribution in [0, 0.1) is 0 Å². The topological polar surface area (TPSA) is 61.9 Å². The van der Waals surface area contributed by atoms with Crippen LogP contribution in [-0.4, -0.2) is 73.6 Å². The van der Waals surface area contributed by atoms with Crippen molar-refractivity contribution in [2.24, 2.45) is 0 Å². The van der Waals surface area contributed by atoms with Crippen molar-refractivity contribution < 1.29 is 14.3 Å². The number of carbonyl (C=O) groups is 2. The first kappa shape index (κ1) is 16.9. The van der Waals surface area contributed by atoms with Crippen LogP contribution < -0.4 is 5.32 Å². The van der Waals surface area contributed by atoms with E-state index < -0.39 is 6.04 Å². The van der Waals surface area contributed by atoms with E-state index in [2.05, 4.69) is 11.9 Å². The van der Waals surface area contributed by atoms with Crippen molar-refractivity contribution in [2.45, 2.75) is 12.5 Å².